The lowest BCUT2D eigenvalue weighted by Gasteiger charge is -2.24. The molecule has 20 heavy (non-hydrogen) atoms. The second kappa shape index (κ2) is 7.05. The summed E-state index contributed by atoms with van der Waals surface area (Å²) in [6.45, 7) is 5.20. The van der Waals surface area contributed by atoms with Crippen LogP contribution in [0, 0.1) is 11.8 Å². The number of rotatable bonds is 6. The first-order valence-corrected chi connectivity index (χ1v) is 6.68. The normalized spacial score (nSPS) is 15.4. The molecule has 1 rings (SSSR count). The molecule has 0 saturated heterocycles. The molecule has 3 atom stereocenters. The van der Waals surface area contributed by atoms with E-state index in [0.717, 1.165) is 5.56 Å². The van der Waals surface area contributed by atoms with Crippen LogP contribution in [0.3, 0.4) is 0 Å². The van der Waals surface area contributed by atoms with Gasteiger partial charge in [-0.15, -0.1) is 0 Å². The number of carbonyl (C=O) groups is 2. The lowest BCUT2D eigenvalue weighted by Crippen LogP contribution is -2.47. The van der Waals surface area contributed by atoms with Crippen molar-refractivity contribution in [2.45, 2.75) is 32.9 Å². The van der Waals surface area contributed by atoms with Crippen LogP contribution in [-0.2, 0) is 9.59 Å². The summed E-state index contributed by atoms with van der Waals surface area (Å²) in [7, 11) is 0. The number of nitrogens with one attached hydrogen (secondary N) is 1. The van der Waals surface area contributed by atoms with Crippen LogP contribution in [0.1, 0.15) is 32.4 Å². The van der Waals surface area contributed by atoms with Crippen LogP contribution in [0.25, 0.3) is 0 Å². The van der Waals surface area contributed by atoms with E-state index in [0.29, 0.717) is 0 Å². The van der Waals surface area contributed by atoms with E-state index in [4.69, 9.17) is 10.8 Å². The van der Waals surface area contributed by atoms with Gasteiger partial charge in [-0.2, -0.15) is 0 Å². The quantitative estimate of drug-likeness (QED) is 0.736. The maximum absolute atomic E-state index is 12.1. The second-order valence-electron chi connectivity index (χ2n) is 5.29. The zero-order valence-electron chi connectivity index (χ0n) is 12.0. The fourth-order valence-electron chi connectivity index (χ4n) is 1.93. The second-order valence-corrected chi connectivity index (χ2v) is 5.29. The molecular weight excluding hydrogens is 256 g/mol. The third kappa shape index (κ3) is 4.06. The van der Waals surface area contributed by atoms with Crippen molar-refractivity contribution in [3.63, 3.8) is 0 Å². The maximum atomic E-state index is 12.1. The van der Waals surface area contributed by atoms with Crippen molar-refractivity contribution in [3.05, 3.63) is 35.9 Å². The fourth-order valence-corrected chi connectivity index (χ4v) is 1.93. The zero-order valence-corrected chi connectivity index (χ0v) is 12.0. The van der Waals surface area contributed by atoms with Crippen molar-refractivity contribution in [1.29, 1.82) is 0 Å². The van der Waals surface area contributed by atoms with Crippen LogP contribution in [0.5, 0.6) is 0 Å². The lowest BCUT2D eigenvalue weighted by atomic mass is 9.93. The predicted octanol–water partition coefficient (Wildman–Crippen LogP) is 1.55. The Bertz CT molecular complexity index is 459. The summed E-state index contributed by atoms with van der Waals surface area (Å²) >= 11 is 0. The number of carboxylic acids is 1. The molecule has 1 amide bonds. The summed E-state index contributed by atoms with van der Waals surface area (Å²) in [5.74, 6) is -2.06. The number of aliphatic carboxylic acids is 1. The molecule has 0 radical (unpaired) electrons. The van der Waals surface area contributed by atoms with E-state index in [2.05, 4.69) is 5.32 Å². The minimum absolute atomic E-state index is 0.184. The molecule has 0 aliphatic heterocycles. The van der Waals surface area contributed by atoms with Gasteiger partial charge in [-0.1, -0.05) is 51.1 Å². The number of hydrogen-bond donors (Lipinski definition) is 3. The Balaban J connectivity index is 2.74. The molecule has 0 bridgehead atoms. The number of carbonyl (C=O) groups excluding carboxylic acids is 1. The smallest absolute Gasteiger partial charge is 0.326 e. The van der Waals surface area contributed by atoms with E-state index < -0.39 is 24.0 Å². The first kappa shape index (κ1) is 16.2. The molecule has 0 saturated carbocycles. The molecule has 3 unspecified atom stereocenters. The Morgan fingerprint density at radius 3 is 2.15 bits per heavy atom. The van der Waals surface area contributed by atoms with Gasteiger partial charge in [-0.3, -0.25) is 4.79 Å². The average molecular weight is 278 g/mol. The highest BCUT2D eigenvalue weighted by atomic mass is 16.4. The van der Waals surface area contributed by atoms with E-state index in [1.165, 1.54) is 0 Å². The van der Waals surface area contributed by atoms with Gasteiger partial charge in [-0.25, -0.2) is 4.79 Å². The lowest BCUT2D eigenvalue weighted by molar-refractivity contribution is -0.143. The Labute approximate surface area is 119 Å². The van der Waals surface area contributed by atoms with Gasteiger partial charge in [0.15, 0.2) is 0 Å². The Hall–Kier alpha value is -1.88. The Kier molecular flexibility index (Phi) is 5.70. The first-order valence-electron chi connectivity index (χ1n) is 6.68. The van der Waals surface area contributed by atoms with Gasteiger partial charge < -0.3 is 16.2 Å². The number of benzene rings is 1. The van der Waals surface area contributed by atoms with Crippen LogP contribution in [-0.4, -0.2) is 23.0 Å². The van der Waals surface area contributed by atoms with E-state index in [1.807, 2.05) is 30.3 Å². The van der Waals surface area contributed by atoms with Crippen molar-refractivity contribution in [1.82, 2.24) is 5.32 Å². The zero-order chi connectivity index (χ0) is 15.3. The van der Waals surface area contributed by atoms with Crippen molar-refractivity contribution in [2.24, 2.45) is 17.6 Å². The van der Waals surface area contributed by atoms with Crippen LogP contribution >= 0.6 is 0 Å². The van der Waals surface area contributed by atoms with E-state index in [9.17, 15) is 9.59 Å². The maximum Gasteiger partial charge on any atom is 0.326 e. The van der Waals surface area contributed by atoms with Crippen molar-refractivity contribution in [2.75, 3.05) is 0 Å². The first-order chi connectivity index (χ1) is 9.34. The van der Waals surface area contributed by atoms with Crippen molar-refractivity contribution >= 4 is 11.9 Å². The molecule has 5 nitrogen and oxygen atoms in total. The SMILES string of the molecule is CC(C)C(NC(=O)C(C)C(N)c1ccccc1)C(=O)O. The topological polar surface area (TPSA) is 92.4 Å². The van der Waals surface area contributed by atoms with Gasteiger partial charge in [-0.05, 0) is 11.5 Å². The van der Waals surface area contributed by atoms with Crippen LogP contribution in [0.15, 0.2) is 30.3 Å². The molecule has 1 aromatic rings. The van der Waals surface area contributed by atoms with Gasteiger partial charge in [0.05, 0.1) is 5.92 Å². The van der Waals surface area contributed by atoms with Gasteiger partial charge in [0.1, 0.15) is 6.04 Å². The van der Waals surface area contributed by atoms with Crippen molar-refractivity contribution < 1.29 is 14.7 Å². The molecule has 0 spiro atoms. The summed E-state index contributed by atoms with van der Waals surface area (Å²) < 4.78 is 0. The van der Waals surface area contributed by atoms with Gasteiger partial charge in [0.25, 0.3) is 0 Å². The highest BCUT2D eigenvalue weighted by Crippen LogP contribution is 2.19. The number of hydrogen-bond acceptors (Lipinski definition) is 3. The van der Waals surface area contributed by atoms with Crippen LogP contribution < -0.4 is 11.1 Å². The van der Waals surface area contributed by atoms with Gasteiger partial charge in [0.2, 0.25) is 5.91 Å². The predicted molar refractivity (Wildman–Crippen MR) is 76.9 cm³/mol. The van der Waals surface area contributed by atoms with E-state index in [-0.39, 0.29) is 11.8 Å². The van der Waals surface area contributed by atoms with E-state index >= 15 is 0 Å². The number of carboxylic acid groups (broad SMARTS) is 1. The number of amides is 1. The summed E-state index contributed by atoms with van der Waals surface area (Å²) in [6, 6.07) is 7.94. The Morgan fingerprint density at radius 2 is 1.70 bits per heavy atom. The molecule has 0 aliphatic carbocycles. The third-order valence-corrected chi connectivity index (χ3v) is 3.37. The fraction of sp³-hybridized carbons (Fsp3) is 0.467. The van der Waals surface area contributed by atoms with Crippen molar-refractivity contribution in [3.8, 4) is 0 Å². The molecule has 0 aromatic heterocycles. The highest BCUT2D eigenvalue weighted by molar-refractivity contribution is 5.85. The standard InChI is InChI=1S/C15H22N2O3/c1-9(2)13(15(19)20)17-14(18)10(3)12(16)11-7-5-4-6-8-11/h4-10,12-13H,16H2,1-3H3,(H,17,18)(H,19,20). The largest absolute Gasteiger partial charge is 0.480 e. The molecule has 0 heterocycles. The van der Waals surface area contributed by atoms with Gasteiger partial charge in [0, 0.05) is 6.04 Å². The molecule has 1 aromatic carbocycles. The summed E-state index contributed by atoms with van der Waals surface area (Å²) in [5.41, 5.74) is 6.91. The highest BCUT2D eigenvalue weighted by Gasteiger charge is 2.28. The minimum atomic E-state index is -1.03. The minimum Gasteiger partial charge on any atom is -0.480 e. The molecule has 0 aliphatic rings. The summed E-state index contributed by atoms with van der Waals surface area (Å²) in [4.78, 5) is 23.2. The molecule has 0 fully saturated rings. The molecular formula is C15H22N2O3. The monoisotopic (exact) mass is 278 g/mol. The summed E-state index contributed by atoms with van der Waals surface area (Å²) in [5, 5.41) is 11.6. The third-order valence-electron chi connectivity index (χ3n) is 3.37. The molecule has 5 heteroatoms. The molecule has 110 valence electrons. The molecule has 4 N–H and O–H groups in total. The van der Waals surface area contributed by atoms with Crippen LogP contribution in [0.4, 0.5) is 0 Å². The average Bonchev–Trinajstić information content (AvgIpc) is 2.43. The van der Waals surface area contributed by atoms with E-state index in [1.54, 1.807) is 20.8 Å². The summed E-state index contributed by atoms with van der Waals surface area (Å²) in [6.07, 6.45) is 0. The Morgan fingerprint density at radius 1 is 1.15 bits per heavy atom. The number of nitrogens with two attached hydrogens (primary N) is 1. The van der Waals surface area contributed by atoms with Gasteiger partial charge >= 0.3 is 5.97 Å². The van der Waals surface area contributed by atoms with Crippen LogP contribution in [0.2, 0.25) is 0 Å².